The van der Waals surface area contributed by atoms with Crippen molar-refractivity contribution in [1.29, 1.82) is 0 Å². The molecule has 414 valence electrons. The second kappa shape index (κ2) is 18.2. The molecule has 0 bridgehead atoms. The number of anilines is 5. The van der Waals surface area contributed by atoms with Crippen LogP contribution in [-0.4, -0.2) is 10.1 Å². The lowest BCUT2D eigenvalue weighted by atomic mass is 9.78. The molecule has 2 saturated carbocycles. The predicted octanol–water partition coefficient (Wildman–Crippen LogP) is 21.3. The van der Waals surface area contributed by atoms with E-state index in [4.69, 9.17) is 0 Å². The first-order chi connectivity index (χ1) is 43.4. The summed E-state index contributed by atoms with van der Waals surface area (Å²) in [7, 11) is 0. The van der Waals surface area contributed by atoms with Gasteiger partial charge < -0.3 is 14.4 Å². The van der Waals surface area contributed by atoms with Crippen LogP contribution in [-0.2, 0) is 17.3 Å². The molecule has 3 nitrogen and oxygen atoms in total. The summed E-state index contributed by atoms with van der Waals surface area (Å²) >= 11 is 0. The number of hydrogen-bond acceptors (Lipinski definition) is 2. The summed E-state index contributed by atoms with van der Waals surface area (Å²) in [6.07, 6.45) is 41.6. The fourth-order valence-corrected chi connectivity index (χ4v) is 16.9. The minimum atomic E-state index is -0.150. The van der Waals surface area contributed by atoms with Crippen LogP contribution in [0.4, 0.5) is 28.4 Å². The average molecular weight is 1120 g/mol. The lowest BCUT2D eigenvalue weighted by Gasteiger charge is -2.33. The van der Waals surface area contributed by atoms with Gasteiger partial charge in [-0.15, -0.1) is 0 Å². The number of hydrogen-bond donors (Lipinski definition) is 0. The number of rotatable bonds is 5. The van der Waals surface area contributed by atoms with Crippen molar-refractivity contribution in [2.45, 2.75) is 49.0 Å². The first-order valence-corrected chi connectivity index (χ1v) is 31.3. The van der Waals surface area contributed by atoms with Gasteiger partial charge in [0.05, 0.1) is 27.9 Å². The molecule has 1 aliphatic heterocycles. The van der Waals surface area contributed by atoms with Crippen molar-refractivity contribution in [2.75, 3.05) is 9.80 Å². The lowest BCUT2D eigenvalue weighted by Crippen LogP contribution is -2.35. The number of nitrogens with zero attached hydrogens (tertiary/aromatic N) is 3. The van der Waals surface area contributed by atoms with Crippen molar-refractivity contribution >= 4 is 113 Å². The monoisotopic (exact) mass is 1120 g/mol. The van der Waals surface area contributed by atoms with E-state index in [2.05, 4.69) is 325 Å². The van der Waals surface area contributed by atoms with Crippen LogP contribution in [0.5, 0.6) is 0 Å². The van der Waals surface area contributed by atoms with Crippen LogP contribution < -0.4 is 9.80 Å². The Morgan fingerprint density at radius 1 is 0.477 bits per heavy atom. The second-order valence-electron chi connectivity index (χ2n) is 25.5. The highest BCUT2D eigenvalue weighted by molar-refractivity contribution is 6.23. The summed E-state index contributed by atoms with van der Waals surface area (Å²) in [5, 5.41) is 11.2. The average Bonchev–Trinajstić information content (AvgIpc) is 1.47. The third-order valence-electron chi connectivity index (χ3n) is 21.1. The van der Waals surface area contributed by atoms with Crippen molar-refractivity contribution in [2.24, 2.45) is 5.41 Å². The minimum Gasteiger partial charge on any atom is -0.330 e. The molecule has 7 aliphatic carbocycles. The molecule has 1 aromatic heterocycles. The molecular weight excluding hydrogens is 1060 g/mol. The molecule has 12 aromatic rings. The van der Waals surface area contributed by atoms with Crippen LogP contribution in [0.15, 0.2) is 261 Å². The molecule has 0 radical (unpaired) electrons. The Morgan fingerprint density at radius 3 is 2.06 bits per heavy atom. The molecule has 4 atom stereocenters. The van der Waals surface area contributed by atoms with Gasteiger partial charge in [-0.05, 0) is 166 Å². The number of allylic oxidation sites excluding steroid dienone is 10. The maximum Gasteiger partial charge on any atom is 0.0788 e. The van der Waals surface area contributed by atoms with Gasteiger partial charge in [0.15, 0.2) is 0 Å². The topological polar surface area (TPSA) is 11.4 Å². The normalized spacial score (nSPS) is 21.9. The summed E-state index contributed by atoms with van der Waals surface area (Å²) in [6.45, 7) is 2.17. The Bertz CT molecular complexity index is 5290. The molecule has 4 unspecified atom stereocenters. The Hall–Kier alpha value is -10.7. The molecule has 88 heavy (non-hydrogen) atoms. The van der Waals surface area contributed by atoms with Crippen LogP contribution in [0, 0.1) is 24.5 Å². The van der Waals surface area contributed by atoms with E-state index >= 15 is 0 Å². The van der Waals surface area contributed by atoms with Crippen LogP contribution in [0.3, 0.4) is 0 Å². The molecule has 3 heteroatoms. The third kappa shape index (κ3) is 6.75. The molecule has 11 aromatic carbocycles. The Morgan fingerprint density at radius 2 is 1.20 bits per heavy atom. The zero-order chi connectivity index (χ0) is 57.9. The van der Waals surface area contributed by atoms with Crippen LogP contribution >= 0.6 is 0 Å². The quantitative estimate of drug-likeness (QED) is 0.170. The van der Waals surface area contributed by atoms with E-state index in [-0.39, 0.29) is 21.8 Å². The Balaban J connectivity index is 0.000000214. The highest BCUT2D eigenvalue weighted by atomic mass is 15.3. The van der Waals surface area contributed by atoms with Crippen molar-refractivity contribution in [3.63, 3.8) is 0 Å². The number of fused-ring (bicyclic) bond motifs is 16. The van der Waals surface area contributed by atoms with E-state index in [0.29, 0.717) is 0 Å². The molecule has 2 heterocycles. The fourth-order valence-electron chi connectivity index (χ4n) is 16.9. The summed E-state index contributed by atoms with van der Waals surface area (Å²) in [5.74, 6) is 0. The van der Waals surface area contributed by atoms with E-state index in [1.54, 1.807) is 0 Å². The molecule has 0 N–H and O–H groups in total. The molecule has 0 saturated heterocycles. The Labute approximate surface area is 513 Å². The number of aromatic nitrogens is 1. The maximum atomic E-state index is 3.38. The van der Waals surface area contributed by atoms with Gasteiger partial charge in [-0.3, -0.25) is 0 Å². The summed E-state index contributed by atoms with van der Waals surface area (Å²) < 4.78 is 2.56. The molecular formula is C85H59N3. The summed E-state index contributed by atoms with van der Waals surface area (Å²) in [4.78, 5) is 5.11. The van der Waals surface area contributed by atoms with Crippen LogP contribution in [0.25, 0.3) is 90.1 Å². The van der Waals surface area contributed by atoms with Gasteiger partial charge in [-0.25, -0.2) is 0 Å². The van der Waals surface area contributed by atoms with Gasteiger partial charge in [-0.2, -0.15) is 0 Å². The van der Waals surface area contributed by atoms with Crippen LogP contribution in [0.1, 0.15) is 75.0 Å². The van der Waals surface area contributed by atoms with E-state index in [1.807, 2.05) is 0 Å². The number of aryl methyl sites for hydroxylation is 1. The highest BCUT2D eigenvalue weighted by Gasteiger charge is 2.77. The fraction of sp³-hybridized carbons (Fsp3) is 0.106. The SMILES string of the molecule is Cc1ccc(N(c2ccc(N3c4c(ccc5c4C=CCC=C5)C45CC34C=Cc3ccccc35)cc2)c2ccc(-n3c4c(c5ccc6c(c53)C=CC=CC6)C35C=CC=CC3(C=C4)C5)cc2)cc1.c1c2ccc3ccccc3c2c2ccc3ccccc3c2c#1. The van der Waals surface area contributed by atoms with Crippen molar-refractivity contribution in [3.8, 4) is 5.69 Å². The van der Waals surface area contributed by atoms with E-state index in [9.17, 15) is 0 Å². The highest BCUT2D eigenvalue weighted by Crippen LogP contribution is 2.77. The second-order valence-corrected chi connectivity index (χ2v) is 25.5. The van der Waals surface area contributed by atoms with Gasteiger partial charge in [0.2, 0.25) is 0 Å². The van der Waals surface area contributed by atoms with Gasteiger partial charge in [0.25, 0.3) is 0 Å². The minimum absolute atomic E-state index is 0.00649. The zero-order valence-corrected chi connectivity index (χ0v) is 48.9. The van der Waals surface area contributed by atoms with Gasteiger partial charge in [0, 0.05) is 71.9 Å². The van der Waals surface area contributed by atoms with Crippen molar-refractivity contribution < 1.29 is 0 Å². The Kier molecular flexibility index (Phi) is 10.2. The predicted molar refractivity (Wildman–Crippen MR) is 370 cm³/mol. The first kappa shape index (κ1) is 49.6. The zero-order valence-electron chi connectivity index (χ0n) is 48.9. The first-order valence-electron chi connectivity index (χ1n) is 31.3. The standard InChI is InChI=1S/C63H47N3.C22H12/c1-42-18-22-46(23-19-42)64(47-24-26-49(27-25-47)65-56-35-38-60-36-10-11-37-61(60,40-60)57(56)53-32-20-43-12-4-2-6-15-51(43)58(53)65)48-28-30-50(31-29-48)66-59-52-16-7-3-5-13-44(52)21-33-55(59)63-41-62(63,66)39-34-45-14-8-9-17-54(45)63;1-3-7-18-15(5-1)11-14-21-20(18)13-12-17-10-9-16-6-2-4-8-19(16)22(17)21/h2,4-11,13-39H,3,12,40-41H2,1H3;1-11,14H. The molecule has 0 amide bonds. The largest absolute Gasteiger partial charge is 0.330 e. The third-order valence-corrected chi connectivity index (χ3v) is 21.1. The van der Waals surface area contributed by atoms with Gasteiger partial charge >= 0.3 is 0 Å². The van der Waals surface area contributed by atoms with E-state index < -0.39 is 0 Å². The van der Waals surface area contributed by atoms with Crippen LogP contribution in [0.2, 0.25) is 0 Å². The molecule has 2 fully saturated rings. The summed E-state index contributed by atoms with van der Waals surface area (Å²) in [5.41, 5.74) is 21.9. The lowest BCUT2D eigenvalue weighted by molar-refractivity contribution is 0.691. The van der Waals surface area contributed by atoms with Crippen molar-refractivity contribution in [3.05, 3.63) is 329 Å². The number of benzene rings is 10. The summed E-state index contributed by atoms with van der Waals surface area (Å²) in [6, 6.07) is 78.8. The van der Waals surface area contributed by atoms with E-state index in [1.165, 1.54) is 116 Å². The smallest absolute Gasteiger partial charge is 0.0788 e. The van der Waals surface area contributed by atoms with Crippen molar-refractivity contribution in [1.82, 2.24) is 4.57 Å². The molecule has 0 spiro atoms. The van der Waals surface area contributed by atoms with Gasteiger partial charge in [0.1, 0.15) is 0 Å². The molecule has 20 rings (SSSR count). The maximum absolute atomic E-state index is 3.38. The van der Waals surface area contributed by atoms with Gasteiger partial charge in [-0.1, -0.05) is 236 Å². The van der Waals surface area contributed by atoms with E-state index in [0.717, 1.165) is 53.5 Å². The molecule has 8 aliphatic rings.